The molecule has 7 heteroatoms. The van der Waals surface area contributed by atoms with Crippen LogP contribution in [-0.2, 0) is 9.53 Å². The molecule has 0 amide bonds. The smallest absolute Gasteiger partial charge is 0.375 e. The number of carbonyl (C=O) groups is 1. The predicted octanol–water partition coefficient (Wildman–Crippen LogP) is 1.04. The average Bonchev–Trinajstić information content (AvgIpc) is 2.39. The van der Waals surface area contributed by atoms with Crippen molar-refractivity contribution in [2.24, 2.45) is 10.9 Å². The average molecular weight is 266 g/mol. The summed E-state index contributed by atoms with van der Waals surface area (Å²) in [5.41, 5.74) is 6.55. The maximum atomic E-state index is 10.9. The standard InChI is InChI=1S/C12H14N2O5/c1-7-3-4-8(11(13)14-17)5-9(7)19-10(6-18-2)12(15)16/h3-6,17H,1-2H3,(H2,13,14)(H,15,16)/b10-6-. The number of rotatable bonds is 5. The summed E-state index contributed by atoms with van der Waals surface area (Å²) >= 11 is 0. The fourth-order valence-corrected chi connectivity index (χ4v) is 1.27. The van der Waals surface area contributed by atoms with E-state index < -0.39 is 5.97 Å². The summed E-state index contributed by atoms with van der Waals surface area (Å²) in [6, 6.07) is 4.75. The highest BCUT2D eigenvalue weighted by atomic mass is 16.5. The van der Waals surface area contributed by atoms with Crippen LogP contribution in [0.15, 0.2) is 35.4 Å². The molecule has 1 aromatic carbocycles. The molecule has 19 heavy (non-hydrogen) atoms. The van der Waals surface area contributed by atoms with Gasteiger partial charge in [0.15, 0.2) is 5.84 Å². The van der Waals surface area contributed by atoms with E-state index in [1.807, 2.05) is 0 Å². The molecule has 0 atom stereocenters. The summed E-state index contributed by atoms with van der Waals surface area (Å²) in [5, 5.41) is 20.4. The van der Waals surface area contributed by atoms with Gasteiger partial charge in [-0.2, -0.15) is 0 Å². The van der Waals surface area contributed by atoms with Crippen molar-refractivity contribution < 1.29 is 24.6 Å². The summed E-state index contributed by atoms with van der Waals surface area (Å²) in [6.07, 6.45) is 0.970. The quantitative estimate of drug-likeness (QED) is 0.183. The van der Waals surface area contributed by atoms with Gasteiger partial charge >= 0.3 is 5.97 Å². The van der Waals surface area contributed by atoms with Crippen molar-refractivity contribution in [3.63, 3.8) is 0 Å². The predicted molar refractivity (Wildman–Crippen MR) is 67.0 cm³/mol. The third-order valence-corrected chi connectivity index (χ3v) is 2.25. The lowest BCUT2D eigenvalue weighted by Crippen LogP contribution is -2.14. The lowest BCUT2D eigenvalue weighted by Gasteiger charge is -2.10. The Morgan fingerprint density at radius 1 is 1.47 bits per heavy atom. The van der Waals surface area contributed by atoms with Crippen molar-refractivity contribution in [3.05, 3.63) is 41.3 Å². The van der Waals surface area contributed by atoms with E-state index >= 15 is 0 Å². The zero-order valence-electron chi connectivity index (χ0n) is 10.5. The molecule has 0 fully saturated rings. The Hall–Kier alpha value is -2.70. The number of methoxy groups -OCH3 is 1. The highest BCUT2D eigenvalue weighted by molar-refractivity contribution is 5.97. The Kier molecular flexibility index (Phi) is 4.76. The van der Waals surface area contributed by atoms with Gasteiger partial charge in [0.1, 0.15) is 12.0 Å². The number of nitrogens with two attached hydrogens (primary N) is 1. The SMILES string of the molecule is CO/C=C(\Oc1cc(C(N)=NO)ccc1C)C(=O)O. The Morgan fingerprint density at radius 2 is 2.16 bits per heavy atom. The van der Waals surface area contributed by atoms with Gasteiger partial charge in [-0.25, -0.2) is 4.79 Å². The second-order valence-electron chi connectivity index (χ2n) is 3.59. The first-order chi connectivity index (χ1) is 8.99. The molecule has 1 aromatic rings. The molecule has 1 rings (SSSR count). The Labute approximate surface area is 109 Å². The van der Waals surface area contributed by atoms with Gasteiger partial charge in [0.2, 0.25) is 5.76 Å². The van der Waals surface area contributed by atoms with Gasteiger partial charge < -0.3 is 25.5 Å². The van der Waals surface area contributed by atoms with E-state index in [0.717, 1.165) is 6.26 Å². The van der Waals surface area contributed by atoms with Crippen LogP contribution in [0.2, 0.25) is 0 Å². The lowest BCUT2D eigenvalue weighted by atomic mass is 10.1. The second-order valence-corrected chi connectivity index (χ2v) is 3.59. The topological polar surface area (TPSA) is 114 Å². The zero-order valence-corrected chi connectivity index (χ0v) is 10.5. The molecular formula is C12H14N2O5. The Bertz CT molecular complexity index is 537. The van der Waals surface area contributed by atoms with Gasteiger partial charge in [-0.15, -0.1) is 0 Å². The number of oxime groups is 1. The number of hydrogen-bond donors (Lipinski definition) is 3. The third kappa shape index (κ3) is 3.63. The molecule has 0 saturated carbocycles. The first kappa shape index (κ1) is 14.4. The van der Waals surface area contributed by atoms with Crippen molar-refractivity contribution >= 4 is 11.8 Å². The minimum Gasteiger partial charge on any atom is -0.500 e. The molecule has 7 nitrogen and oxygen atoms in total. The maximum absolute atomic E-state index is 10.9. The number of ether oxygens (including phenoxy) is 2. The summed E-state index contributed by atoms with van der Waals surface area (Å²) in [4.78, 5) is 10.9. The fourth-order valence-electron chi connectivity index (χ4n) is 1.27. The number of hydrogen-bond acceptors (Lipinski definition) is 5. The van der Waals surface area contributed by atoms with Crippen LogP contribution >= 0.6 is 0 Å². The molecule has 0 aliphatic rings. The zero-order chi connectivity index (χ0) is 14.4. The number of carboxylic acid groups (broad SMARTS) is 1. The van der Waals surface area contributed by atoms with Crippen LogP contribution in [0.25, 0.3) is 0 Å². The van der Waals surface area contributed by atoms with Crippen LogP contribution in [0.5, 0.6) is 5.75 Å². The van der Waals surface area contributed by atoms with Crippen molar-refractivity contribution in [1.82, 2.24) is 0 Å². The van der Waals surface area contributed by atoms with Crippen molar-refractivity contribution in [3.8, 4) is 5.75 Å². The van der Waals surface area contributed by atoms with E-state index in [0.29, 0.717) is 11.1 Å². The number of nitrogens with zero attached hydrogens (tertiary/aromatic N) is 1. The van der Waals surface area contributed by atoms with E-state index in [1.165, 1.54) is 13.2 Å². The Morgan fingerprint density at radius 3 is 2.68 bits per heavy atom. The minimum absolute atomic E-state index is 0.0996. The second kappa shape index (κ2) is 6.29. The van der Waals surface area contributed by atoms with Crippen LogP contribution in [0.4, 0.5) is 0 Å². The molecule has 0 aliphatic carbocycles. The number of aryl methyl sites for hydroxylation is 1. The van der Waals surface area contributed by atoms with Gasteiger partial charge in [-0.05, 0) is 18.6 Å². The van der Waals surface area contributed by atoms with E-state index in [-0.39, 0.29) is 17.3 Å². The highest BCUT2D eigenvalue weighted by Gasteiger charge is 2.13. The molecule has 0 aromatic heterocycles. The molecule has 4 N–H and O–H groups in total. The molecule has 0 spiro atoms. The van der Waals surface area contributed by atoms with Crippen LogP contribution in [0.1, 0.15) is 11.1 Å². The number of benzene rings is 1. The normalized spacial score (nSPS) is 12.1. The van der Waals surface area contributed by atoms with Gasteiger partial charge in [0, 0.05) is 5.56 Å². The van der Waals surface area contributed by atoms with Gasteiger partial charge in [-0.1, -0.05) is 17.3 Å². The minimum atomic E-state index is -1.27. The summed E-state index contributed by atoms with van der Waals surface area (Å²) < 4.78 is 9.85. The van der Waals surface area contributed by atoms with E-state index in [1.54, 1.807) is 19.1 Å². The van der Waals surface area contributed by atoms with E-state index in [9.17, 15) is 4.79 Å². The van der Waals surface area contributed by atoms with Crippen molar-refractivity contribution in [2.45, 2.75) is 6.92 Å². The van der Waals surface area contributed by atoms with Gasteiger partial charge in [0.25, 0.3) is 0 Å². The van der Waals surface area contributed by atoms with Crippen LogP contribution < -0.4 is 10.5 Å². The summed E-state index contributed by atoms with van der Waals surface area (Å²) in [7, 11) is 1.31. The maximum Gasteiger partial charge on any atom is 0.375 e. The molecule has 102 valence electrons. The first-order valence-electron chi connectivity index (χ1n) is 5.22. The summed E-state index contributed by atoms with van der Waals surface area (Å²) in [5.74, 6) is -1.47. The largest absolute Gasteiger partial charge is 0.500 e. The molecule has 0 heterocycles. The first-order valence-corrected chi connectivity index (χ1v) is 5.22. The number of aliphatic carboxylic acids is 1. The van der Waals surface area contributed by atoms with Crippen molar-refractivity contribution in [2.75, 3.05) is 7.11 Å². The summed E-state index contributed by atoms with van der Waals surface area (Å²) in [6.45, 7) is 1.73. The monoisotopic (exact) mass is 266 g/mol. The third-order valence-electron chi connectivity index (χ3n) is 2.25. The Balaban J connectivity index is 3.13. The van der Waals surface area contributed by atoms with Crippen molar-refractivity contribution in [1.29, 1.82) is 0 Å². The molecule has 0 aliphatic heterocycles. The van der Waals surface area contributed by atoms with E-state index in [2.05, 4.69) is 9.89 Å². The van der Waals surface area contributed by atoms with Gasteiger partial charge in [-0.3, -0.25) is 0 Å². The number of amidine groups is 1. The highest BCUT2D eigenvalue weighted by Crippen LogP contribution is 2.22. The molecule has 0 bridgehead atoms. The van der Waals surface area contributed by atoms with Crippen LogP contribution in [-0.4, -0.2) is 29.2 Å². The number of carboxylic acids is 1. The van der Waals surface area contributed by atoms with Crippen LogP contribution in [0, 0.1) is 6.92 Å². The molecule has 0 unspecified atom stereocenters. The lowest BCUT2D eigenvalue weighted by molar-refractivity contribution is -0.135. The molecule has 0 saturated heterocycles. The van der Waals surface area contributed by atoms with Crippen LogP contribution in [0.3, 0.4) is 0 Å². The molecular weight excluding hydrogens is 252 g/mol. The molecule has 0 radical (unpaired) electrons. The fraction of sp³-hybridized carbons (Fsp3) is 0.167. The van der Waals surface area contributed by atoms with Gasteiger partial charge in [0.05, 0.1) is 7.11 Å². The van der Waals surface area contributed by atoms with E-state index in [4.69, 9.17) is 20.8 Å².